The number of hydrogen-bond donors (Lipinski definition) is 0. The molecule has 1 aromatic heterocycles. The third-order valence-electron chi connectivity index (χ3n) is 1.87. The fourth-order valence-electron chi connectivity index (χ4n) is 0.763. The molecule has 0 aromatic carbocycles. The molecule has 0 saturated carbocycles. The second-order valence-electron chi connectivity index (χ2n) is 2.89. The van der Waals surface area contributed by atoms with Gasteiger partial charge in [0.15, 0.2) is 0 Å². The van der Waals surface area contributed by atoms with Gasteiger partial charge in [0.25, 0.3) is 0 Å². The third-order valence-corrected chi connectivity index (χ3v) is 1.87. The lowest BCUT2D eigenvalue weighted by Crippen LogP contribution is -2.09. The van der Waals surface area contributed by atoms with Crippen molar-refractivity contribution in [2.24, 2.45) is 5.92 Å². The van der Waals surface area contributed by atoms with Crippen LogP contribution in [0.4, 0.5) is 0 Å². The average molecular weight is 139 g/mol. The molecular weight excluding hydrogens is 126 g/mol. The minimum atomic E-state index is 0.495. The first-order valence-corrected chi connectivity index (χ1v) is 3.56. The van der Waals surface area contributed by atoms with Gasteiger partial charge in [0.2, 0.25) is 0 Å². The van der Waals surface area contributed by atoms with Gasteiger partial charge in [-0.1, -0.05) is 13.8 Å². The molecule has 0 aliphatic rings. The van der Waals surface area contributed by atoms with Gasteiger partial charge < -0.3 is 4.57 Å². The van der Waals surface area contributed by atoms with E-state index in [0.29, 0.717) is 12.0 Å². The molecule has 0 bridgehead atoms. The van der Waals surface area contributed by atoms with Crippen LogP contribution in [0, 0.1) is 5.92 Å². The van der Waals surface area contributed by atoms with Crippen LogP contribution < -0.4 is 0 Å². The average Bonchev–Trinajstić information content (AvgIpc) is 2.36. The molecule has 1 atom stereocenters. The van der Waals surface area contributed by atoms with Crippen molar-refractivity contribution in [2.75, 3.05) is 0 Å². The maximum Gasteiger partial charge on any atom is 0.119 e. The van der Waals surface area contributed by atoms with Crippen LogP contribution in [0.3, 0.4) is 0 Å². The molecule has 0 aliphatic carbocycles. The van der Waals surface area contributed by atoms with Crippen LogP contribution in [-0.2, 0) is 0 Å². The van der Waals surface area contributed by atoms with Crippen LogP contribution in [0.1, 0.15) is 26.8 Å². The molecule has 0 saturated heterocycles. The zero-order valence-corrected chi connectivity index (χ0v) is 6.65. The van der Waals surface area contributed by atoms with Crippen molar-refractivity contribution in [3.05, 3.63) is 12.7 Å². The topological polar surface area (TPSA) is 30.7 Å². The highest BCUT2D eigenvalue weighted by Gasteiger charge is 2.07. The first-order chi connectivity index (χ1) is 4.72. The van der Waals surface area contributed by atoms with E-state index >= 15 is 0 Å². The highest BCUT2D eigenvalue weighted by Crippen LogP contribution is 2.14. The first kappa shape index (κ1) is 7.25. The summed E-state index contributed by atoms with van der Waals surface area (Å²) in [5.41, 5.74) is 0. The van der Waals surface area contributed by atoms with Crippen molar-refractivity contribution in [3.8, 4) is 0 Å². The number of rotatable bonds is 2. The van der Waals surface area contributed by atoms with E-state index in [9.17, 15) is 0 Å². The lowest BCUT2D eigenvalue weighted by atomic mass is 10.1. The molecule has 3 nitrogen and oxygen atoms in total. The molecule has 0 aliphatic heterocycles. The molecule has 0 amide bonds. The van der Waals surface area contributed by atoms with E-state index in [1.54, 1.807) is 12.7 Å². The van der Waals surface area contributed by atoms with Crippen molar-refractivity contribution in [3.63, 3.8) is 0 Å². The summed E-state index contributed by atoms with van der Waals surface area (Å²) in [7, 11) is 0. The van der Waals surface area contributed by atoms with Crippen LogP contribution in [0.2, 0.25) is 0 Å². The van der Waals surface area contributed by atoms with Gasteiger partial charge in [-0.2, -0.15) is 0 Å². The number of hydrogen-bond acceptors (Lipinski definition) is 2. The molecule has 0 N–H and O–H groups in total. The quantitative estimate of drug-likeness (QED) is 0.621. The summed E-state index contributed by atoms with van der Waals surface area (Å²) in [6.45, 7) is 6.53. The summed E-state index contributed by atoms with van der Waals surface area (Å²) >= 11 is 0. The maximum absolute atomic E-state index is 3.74. The van der Waals surface area contributed by atoms with Gasteiger partial charge in [0.1, 0.15) is 12.7 Å². The highest BCUT2D eigenvalue weighted by atomic mass is 15.2. The van der Waals surface area contributed by atoms with E-state index in [1.165, 1.54) is 0 Å². The van der Waals surface area contributed by atoms with Gasteiger partial charge >= 0.3 is 0 Å². The fourth-order valence-corrected chi connectivity index (χ4v) is 0.763. The number of aromatic nitrogens is 3. The largest absolute Gasteiger partial charge is 0.317 e. The lowest BCUT2D eigenvalue weighted by Gasteiger charge is -2.15. The van der Waals surface area contributed by atoms with Crippen molar-refractivity contribution >= 4 is 0 Å². The molecule has 3 heteroatoms. The molecule has 0 spiro atoms. The van der Waals surface area contributed by atoms with E-state index in [0.717, 1.165) is 0 Å². The minimum Gasteiger partial charge on any atom is -0.317 e. The second-order valence-corrected chi connectivity index (χ2v) is 2.89. The second kappa shape index (κ2) is 2.82. The molecule has 1 heterocycles. The Morgan fingerprint density at radius 3 is 2.00 bits per heavy atom. The predicted molar refractivity (Wildman–Crippen MR) is 39.6 cm³/mol. The predicted octanol–water partition coefficient (Wildman–Crippen LogP) is 1.50. The highest BCUT2D eigenvalue weighted by molar-refractivity contribution is 4.70. The molecule has 1 aromatic rings. The van der Waals surface area contributed by atoms with Crippen LogP contribution in [-0.4, -0.2) is 14.8 Å². The van der Waals surface area contributed by atoms with Crippen molar-refractivity contribution < 1.29 is 0 Å². The van der Waals surface area contributed by atoms with Crippen LogP contribution in [0.5, 0.6) is 0 Å². The van der Waals surface area contributed by atoms with Crippen molar-refractivity contribution in [1.82, 2.24) is 14.8 Å². The van der Waals surface area contributed by atoms with Gasteiger partial charge in [-0.25, -0.2) is 0 Å². The SMILES string of the molecule is CC(C)[C@H](C)n1cnnc1. The van der Waals surface area contributed by atoms with Gasteiger partial charge in [-0.05, 0) is 12.8 Å². The molecule has 0 unspecified atom stereocenters. The summed E-state index contributed by atoms with van der Waals surface area (Å²) < 4.78 is 2.02. The van der Waals surface area contributed by atoms with E-state index in [2.05, 4.69) is 31.0 Å². The number of nitrogens with zero attached hydrogens (tertiary/aromatic N) is 3. The normalized spacial score (nSPS) is 14.0. The summed E-state index contributed by atoms with van der Waals surface area (Å²) in [6, 6.07) is 0.495. The van der Waals surface area contributed by atoms with Crippen LogP contribution >= 0.6 is 0 Å². The molecular formula is C7H13N3. The molecule has 0 fully saturated rings. The van der Waals surface area contributed by atoms with E-state index in [-0.39, 0.29) is 0 Å². The molecule has 1 rings (SSSR count). The van der Waals surface area contributed by atoms with Gasteiger partial charge in [-0.15, -0.1) is 10.2 Å². The van der Waals surface area contributed by atoms with Gasteiger partial charge in [-0.3, -0.25) is 0 Å². The third kappa shape index (κ3) is 1.35. The summed E-state index contributed by atoms with van der Waals surface area (Å²) in [5.74, 6) is 0.635. The lowest BCUT2D eigenvalue weighted by molar-refractivity contribution is 0.407. The van der Waals surface area contributed by atoms with Crippen LogP contribution in [0.25, 0.3) is 0 Å². The zero-order chi connectivity index (χ0) is 7.56. The zero-order valence-electron chi connectivity index (χ0n) is 6.65. The molecule has 0 radical (unpaired) electrons. The Morgan fingerprint density at radius 1 is 1.10 bits per heavy atom. The molecule has 10 heavy (non-hydrogen) atoms. The Hall–Kier alpha value is -0.860. The first-order valence-electron chi connectivity index (χ1n) is 3.56. The van der Waals surface area contributed by atoms with Gasteiger partial charge in [0.05, 0.1) is 0 Å². The van der Waals surface area contributed by atoms with E-state index < -0.39 is 0 Å². The molecule has 56 valence electrons. The maximum atomic E-state index is 3.74. The Balaban J connectivity index is 2.68. The minimum absolute atomic E-state index is 0.495. The fraction of sp³-hybridized carbons (Fsp3) is 0.714. The Kier molecular flexibility index (Phi) is 2.04. The van der Waals surface area contributed by atoms with Crippen molar-refractivity contribution in [1.29, 1.82) is 0 Å². The Labute approximate surface area is 61.1 Å². The Bertz CT molecular complexity index is 179. The van der Waals surface area contributed by atoms with E-state index in [4.69, 9.17) is 0 Å². The van der Waals surface area contributed by atoms with Crippen LogP contribution in [0.15, 0.2) is 12.7 Å². The Morgan fingerprint density at radius 2 is 1.60 bits per heavy atom. The van der Waals surface area contributed by atoms with Gasteiger partial charge in [0, 0.05) is 6.04 Å². The summed E-state index contributed by atoms with van der Waals surface area (Å²) in [6.07, 6.45) is 3.51. The summed E-state index contributed by atoms with van der Waals surface area (Å²) in [4.78, 5) is 0. The standard InChI is InChI=1S/C7H13N3/c1-6(2)7(3)10-4-8-9-5-10/h4-7H,1-3H3/t7-/m0/s1. The van der Waals surface area contributed by atoms with Crippen molar-refractivity contribution in [2.45, 2.75) is 26.8 Å². The summed E-state index contributed by atoms with van der Waals surface area (Å²) in [5, 5.41) is 7.48. The smallest absolute Gasteiger partial charge is 0.119 e. The van der Waals surface area contributed by atoms with E-state index in [1.807, 2.05) is 4.57 Å². The monoisotopic (exact) mass is 139 g/mol.